The number of rotatable bonds is 2. The summed E-state index contributed by atoms with van der Waals surface area (Å²) in [6, 6.07) is 0. The zero-order valence-electron chi connectivity index (χ0n) is 9.18. The second-order valence-electron chi connectivity index (χ2n) is 4.65. The molecule has 2 heterocycles. The predicted molar refractivity (Wildman–Crippen MR) is 54.0 cm³/mol. The first-order valence-corrected chi connectivity index (χ1v) is 5.69. The molecule has 16 heavy (non-hydrogen) atoms. The second kappa shape index (κ2) is 3.66. The molecule has 0 N–H and O–H groups in total. The smallest absolute Gasteiger partial charge is 0.239 e. The molecule has 0 spiro atoms. The van der Waals surface area contributed by atoms with Gasteiger partial charge < -0.3 is 9.26 Å². The first kappa shape index (κ1) is 9.96. The minimum absolute atomic E-state index is 0.144. The third-order valence-corrected chi connectivity index (χ3v) is 3.36. The summed E-state index contributed by atoms with van der Waals surface area (Å²) in [7, 11) is 0. The number of carbonyl (C=O) groups excluding carboxylic acids is 1. The molecule has 0 amide bonds. The molecule has 1 saturated heterocycles. The van der Waals surface area contributed by atoms with Gasteiger partial charge in [-0.25, -0.2) is 0 Å². The Morgan fingerprint density at radius 1 is 1.44 bits per heavy atom. The number of Topliss-reactive ketones (excluding diaryl/α,β-unsaturated/α-hetero) is 1. The van der Waals surface area contributed by atoms with Gasteiger partial charge in [0.2, 0.25) is 5.89 Å². The first-order valence-electron chi connectivity index (χ1n) is 5.69. The summed E-state index contributed by atoms with van der Waals surface area (Å²) >= 11 is 0. The standard InChI is InChI=1S/C11H14N2O3/c1-6-4-7(6)10-12-11(16-13-10)8-5-15-3-2-9(8)14/h6-8H,2-5H2,1H3. The van der Waals surface area contributed by atoms with E-state index in [9.17, 15) is 4.79 Å². The molecule has 0 radical (unpaired) electrons. The highest BCUT2D eigenvalue weighted by molar-refractivity contribution is 5.85. The lowest BCUT2D eigenvalue weighted by molar-refractivity contribution is -0.127. The summed E-state index contributed by atoms with van der Waals surface area (Å²) in [5.74, 6) is 2.05. The van der Waals surface area contributed by atoms with E-state index in [0.717, 1.165) is 12.2 Å². The lowest BCUT2D eigenvalue weighted by Crippen LogP contribution is -2.25. The van der Waals surface area contributed by atoms with Crippen LogP contribution in [0.5, 0.6) is 0 Å². The fourth-order valence-corrected chi connectivity index (χ4v) is 2.07. The Labute approximate surface area is 93.2 Å². The van der Waals surface area contributed by atoms with Gasteiger partial charge in [-0.1, -0.05) is 12.1 Å². The lowest BCUT2D eigenvalue weighted by atomic mass is 10.0. The monoisotopic (exact) mass is 222 g/mol. The largest absolute Gasteiger partial charge is 0.380 e. The maximum absolute atomic E-state index is 11.6. The Kier molecular flexibility index (Phi) is 2.28. The van der Waals surface area contributed by atoms with Gasteiger partial charge in [0.1, 0.15) is 11.7 Å². The van der Waals surface area contributed by atoms with Crippen LogP contribution < -0.4 is 0 Å². The van der Waals surface area contributed by atoms with Gasteiger partial charge in [-0.2, -0.15) is 4.98 Å². The molecule has 2 aliphatic rings. The third kappa shape index (κ3) is 1.65. The van der Waals surface area contributed by atoms with Gasteiger partial charge in [0.25, 0.3) is 0 Å². The van der Waals surface area contributed by atoms with E-state index >= 15 is 0 Å². The molecule has 0 aromatic carbocycles. The summed E-state index contributed by atoms with van der Waals surface area (Å²) in [4.78, 5) is 16.0. The quantitative estimate of drug-likeness (QED) is 0.753. The topological polar surface area (TPSA) is 65.2 Å². The Bertz CT molecular complexity index is 415. The number of hydrogen-bond acceptors (Lipinski definition) is 5. The Balaban J connectivity index is 1.78. The molecule has 5 heteroatoms. The Hall–Kier alpha value is -1.23. The van der Waals surface area contributed by atoms with Crippen LogP contribution in [-0.2, 0) is 9.53 Å². The van der Waals surface area contributed by atoms with Crippen molar-refractivity contribution in [2.75, 3.05) is 13.2 Å². The molecule has 1 aromatic rings. The maximum atomic E-state index is 11.6. The maximum Gasteiger partial charge on any atom is 0.239 e. The third-order valence-electron chi connectivity index (χ3n) is 3.36. The van der Waals surface area contributed by atoms with Crippen LogP contribution in [0, 0.1) is 5.92 Å². The van der Waals surface area contributed by atoms with Crippen LogP contribution in [0.25, 0.3) is 0 Å². The molecule has 86 valence electrons. The van der Waals surface area contributed by atoms with E-state index in [1.165, 1.54) is 0 Å². The van der Waals surface area contributed by atoms with Crippen molar-refractivity contribution in [2.45, 2.75) is 31.6 Å². The van der Waals surface area contributed by atoms with E-state index in [2.05, 4.69) is 17.1 Å². The number of carbonyl (C=O) groups is 1. The fourth-order valence-electron chi connectivity index (χ4n) is 2.07. The van der Waals surface area contributed by atoms with Crippen molar-refractivity contribution in [2.24, 2.45) is 5.92 Å². The highest BCUT2D eigenvalue weighted by Gasteiger charge is 2.39. The van der Waals surface area contributed by atoms with E-state index in [-0.39, 0.29) is 11.7 Å². The molecule has 1 aliphatic carbocycles. The van der Waals surface area contributed by atoms with Crippen LogP contribution in [0.2, 0.25) is 0 Å². The lowest BCUT2D eigenvalue weighted by Gasteiger charge is -2.16. The number of ketones is 1. The average molecular weight is 222 g/mol. The Morgan fingerprint density at radius 2 is 2.25 bits per heavy atom. The van der Waals surface area contributed by atoms with Crippen LogP contribution in [0.3, 0.4) is 0 Å². The van der Waals surface area contributed by atoms with Crippen molar-refractivity contribution in [3.05, 3.63) is 11.7 Å². The average Bonchev–Trinajstić information content (AvgIpc) is 2.82. The SMILES string of the molecule is CC1CC1c1noc(C2COCCC2=O)n1. The van der Waals surface area contributed by atoms with Gasteiger partial charge in [-0.15, -0.1) is 0 Å². The van der Waals surface area contributed by atoms with Gasteiger partial charge in [0.15, 0.2) is 5.82 Å². The fraction of sp³-hybridized carbons (Fsp3) is 0.727. The molecular formula is C11H14N2O3. The van der Waals surface area contributed by atoms with Crippen LogP contribution in [0.15, 0.2) is 4.52 Å². The van der Waals surface area contributed by atoms with E-state index in [1.54, 1.807) is 0 Å². The predicted octanol–water partition coefficient (Wildman–Crippen LogP) is 1.27. The highest BCUT2D eigenvalue weighted by Crippen LogP contribution is 2.45. The minimum Gasteiger partial charge on any atom is -0.380 e. The molecule has 3 rings (SSSR count). The zero-order valence-corrected chi connectivity index (χ0v) is 9.18. The van der Waals surface area contributed by atoms with Crippen LogP contribution in [-0.4, -0.2) is 29.1 Å². The second-order valence-corrected chi connectivity index (χ2v) is 4.65. The number of nitrogens with zero attached hydrogens (tertiary/aromatic N) is 2. The van der Waals surface area contributed by atoms with Gasteiger partial charge in [0.05, 0.1) is 13.2 Å². The summed E-state index contributed by atoms with van der Waals surface area (Å²) in [5.41, 5.74) is 0. The molecule has 1 aliphatic heterocycles. The van der Waals surface area contributed by atoms with Crippen molar-refractivity contribution >= 4 is 5.78 Å². The van der Waals surface area contributed by atoms with Crippen molar-refractivity contribution < 1.29 is 14.1 Å². The molecule has 0 bridgehead atoms. The molecule has 3 unspecified atom stereocenters. The molecule has 5 nitrogen and oxygen atoms in total. The van der Waals surface area contributed by atoms with Gasteiger partial charge >= 0.3 is 0 Å². The summed E-state index contributed by atoms with van der Waals surface area (Å²) in [6.45, 7) is 3.05. The van der Waals surface area contributed by atoms with Crippen molar-refractivity contribution in [3.8, 4) is 0 Å². The van der Waals surface area contributed by atoms with Crippen molar-refractivity contribution in [3.63, 3.8) is 0 Å². The minimum atomic E-state index is -0.343. The summed E-state index contributed by atoms with van der Waals surface area (Å²) in [5, 5.41) is 3.94. The van der Waals surface area contributed by atoms with Gasteiger partial charge in [0, 0.05) is 12.3 Å². The number of aromatic nitrogens is 2. The Morgan fingerprint density at radius 3 is 2.94 bits per heavy atom. The van der Waals surface area contributed by atoms with E-state index < -0.39 is 0 Å². The first-order chi connectivity index (χ1) is 7.75. The number of hydrogen-bond donors (Lipinski definition) is 0. The van der Waals surface area contributed by atoms with Crippen LogP contribution in [0.4, 0.5) is 0 Å². The van der Waals surface area contributed by atoms with Crippen molar-refractivity contribution in [1.82, 2.24) is 10.1 Å². The van der Waals surface area contributed by atoms with Crippen LogP contribution in [0.1, 0.15) is 43.3 Å². The van der Waals surface area contributed by atoms with E-state index in [1.807, 2.05) is 0 Å². The summed E-state index contributed by atoms with van der Waals surface area (Å²) < 4.78 is 10.4. The normalized spacial score (nSPS) is 34.1. The summed E-state index contributed by atoms with van der Waals surface area (Å²) in [6.07, 6.45) is 1.57. The molecule has 1 saturated carbocycles. The van der Waals surface area contributed by atoms with E-state index in [4.69, 9.17) is 9.26 Å². The van der Waals surface area contributed by atoms with Crippen molar-refractivity contribution in [1.29, 1.82) is 0 Å². The van der Waals surface area contributed by atoms with E-state index in [0.29, 0.717) is 37.4 Å². The molecule has 1 aromatic heterocycles. The van der Waals surface area contributed by atoms with Gasteiger partial charge in [-0.3, -0.25) is 4.79 Å². The molecule has 3 atom stereocenters. The van der Waals surface area contributed by atoms with Crippen LogP contribution >= 0.6 is 0 Å². The molecule has 2 fully saturated rings. The number of ether oxygens (including phenoxy) is 1. The molecular weight excluding hydrogens is 208 g/mol. The highest BCUT2D eigenvalue weighted by atomic mass is 16.5. The van der Waals surface area contributed by atoms with Gasteiger partial charge in [-0.05, 0) is 12.3 Å². The zero-order chi connectivity index (χ0) is 11.1.